The maximum absolute atomic E-state index is 12.9. The molecule has 7 heteroatoms. The van der Waals surface area contributed by atoms with Crippen molar-refractivity contribution in [3.8, 4) is 5.75 Å². The van der Waals surface area contributed by atoms with E-state index in [1.54, 1.807) is 22.7 Å². The minimum atomic E-state index is -0.00822. The molecule has 5 nitrogen and oxygen atoms in total. The van der Waals surface area contributed by atoms with E-state index in [1.807, 2.05) is 54.6 Å². The molecule has 0 saturated heterocycles. The zero-order valence-electron chi connectivity index (χ0n) is 17.2. The molecule has 0 aliphatic carbocycles. The van der Waals surface area contributed by atoms with E-state index in [4.69, 9.17) is 4.74 Å². The molecular formula is C22H27N3O2S2. The van der Waals surface area contributed by atoms with Crippen molar-refractivity contribution in [1.82, 2.24) is 14.9 Å². The van der Waals surface area contributed by atoms with Crippen LogP contribution in [0.2, 0.25) is 0 Å². The fourth-order valence-electron chi connectivity index (χ4n) is 2.91. The topological polar surface area (TPSA) is 55.3 Å². The summed E-state index contributed by atoms with van der Waals surface area (Å²) in [6.07, 6.45) is 4.38. The zero-order chi connectivity index (χ0) is 20.6. The Bertz CT molecular complexity index is 874. The largest absolute Gasteiger partial charge is 0.484 e. The number of aryl methyl sites for hydroxylation is 3. The van der Waals surface area contributed by atoms with Crippen molar-refractivity contribution < 1.29 is 9.53 Å². The molecule has 1 aromatic carbocycles. The number of amides is 1. The Morgan fingerprint density at radius 2 is 1.83 bits per heavy atom. The van der Waals surface area contributed by atoms with Gasteiger partial charge in [0.15, 0.2) is 6.61 Å². The third-order valence-electron chi connectivity index (χ3n) is 4.57. The number of ether oxygens (including phenoxy) is 1. The molecule has 0 saturated carbocycles. The Morgan fingerprint density at radius 1 is 1.10 bits per heavy atom. The quantitative estimate of drug-likeness (QED) is 0.477. The Hall–Kier alpha value is -2.25. The summed E-state index contributed by atoms with van der Waals surface area (Å²) in [5, 5.41) is 4.16. The molecule has 0 fully saturated rings. The van der Waals surface area contributed by atoms with E-state index in [0.29, 0.717) is 13.1 Å². The van der Waals surface area contributed by atoms with Crippen molar-refractivity contribution in [3.63, 3.8) is 0 Å². The Morgan fingerprint density at radius 3 is 2.41 bits per heavy atom. The summed E-state index contributed by atoms with van der Waals surface area (Å²) >= 11 is 3.33. The van der Waals surface area contributed by atoms with Gasteiger partial charge in [-0.25, -0.2) is 9.97 Å². The van der Waals surface area contributed by atoms with Gasteiger partial charge in [0.25, 0.3) is 5.91 Å². The molecular weight excluding hydrogens is 402 g/mol. The first-order valence-electron chi connectivity index (χ1n) is 9.85. The second-order valence-corrected chi connectivity index (χ2v) is 9.18. The van der Waals surface area contributed by atoms with E-state index in [9.17, 15) is 4.79 Å². The van der Waals surface area contributed by atoms with Gasteiger partial charge >= 0.3 is 0 Å². The summed E-state index contributed by atoms with van der Waals surface area (Å²) in [4.78, 5) is 24.8. The fraction of sp³-hybridized carbons (Fsp3) is 0.409. The molecule has 0 spiro atoms. The average molecular weight is 430 g/mol. The summed E-state index contributed by atoms with van der Waals surface area (Å²) < 4.78 is 5.74. The van der Waals surface area contributed by atoms with Crippen LogP contribution < -0.4 is 4.74 Å². The molecule has 154 valence electrons. The van der Waals surface area contributed by atoms with Crippen molar-refractivity contribution in [2.45, 2.75) is 40.0 Å². The van der Waals surface area contributed by atoms with Crippen molar-refractivity contribution >= 4 is 28.6 Å². The number of carbonyl (C=O) groups excluding carboxylic acids is 1. The lowest BCUT2D eigenvalue weighted by Gasteiger charge is -2.22. The Kier molecular flexibility index (Phi) is 7.77. The zero-order valence-corrected chi connectivity index (χ0v) is 18.8. The number of thiazole rings is 2. The number of carbonyl (C=O) groups is 1. The molecule has 0 atom stereocenters. The van der Waals surface area contributed by atoms with Crippen LogP contribution in [0.25, 0.3) is 0 Å². The summed E-state index contributed by atoms with van der Waals surface area (Å²) in [5.41, 5.74) is 2.28. The second-order valence-electron chi connectivity index (χ2n) is 6.91. The van der Waals surface area contributed by atoms with Crippen LogP contribution >= 0.6 is 22.7 Å². The molecule has 3 rings (SSSR count). The lowest BCUT2D eigenvalue weighted by Crippen LogP contribution is -2.38. The molecule has 0 radical (unpaired) electrons. The van der Waals surface area contributed by atoms with Gasteiger partial charge in [0, 0.05) is 48.1 Å². The van der Waals surface area contributed by atoms with Crippen LogP contribution in [0.5, 0.6) is 5.75 Å². The Balaban J connectivity index is 1.58. The molecule has 0 unspecified atom stereocenters. The number of hydrogen-bond acceptors (Lipinski definition) is 6. The van der Waals surface area contributed by atoms with Crippen LogP contribution in [-0.4, -0.2) is 40.5 Å². The molecule has 0 bridgehead atoms. The van der Waals surface area contributed by atoms with Crippen molar-refractivity contribution in [3.05, 3.63) is 62.0 Å². The van der Waals surface area contributed by atoms with Crippen molar-refractivity contribution in [1.29, 1.82) is 0 Å². The predicted molar refractivity (Wildman–Crippen MR) is 119 cm³/mol. The maximum Gasteiger partial charge on any atom is 0.260 e. The monoisotopic (exact) mass is 429 g/mol. The van der Waals surface area contributed by atoms with Crippen LogP contribution in [-0.2, 0) is 24.1 Å². The van der Waals surface area contributed by atoms with E-state index in [-0.39, 0.29) is 12.5 Å². The number of hydrogen-bond donors (Lipinski definition) is 0. The normalized spacial score (nSPS) is 10.9. The average Bonchev–Trinajstić information content (AvgIpc) is 3.34. The highest BCUT2D eigenvalue weighted by atomic mass is 32.1. The van der Waals surface area contributed by atoms with Gasteiger partial charge < -0.3 is 9.64 Å². The van der Waals surface area contributed by atoms with E-state index in [1.165, 1.54) is 10.4 Å². The van der Waals surface area contributed by atoms with Gasteiger partial charge in [0.1, 0.15) is 5.75 Å². The van der Waals surface area contributed by atoms with Gasteiger partial charge in [0.05, 0.1) is 10.0 Å². The molecule has 0 N–H and O–H groups in total. The van der Waals surface area contributed by atoms with Gasteiger partial charge in [-0.15, -0.1) is 22.7 Å². The van der Waals surface area contributed by atoms with Crippen LogP contribution in [0, 0.1) is 13.8 Å². The highest BCUT2D eigenvalue weighted by molar-refractivity contribution is 7.11. The molecule has 3 aromatic rings. The van der Waals surface area contributed by atoms with Crippen molar-refractivity contribution in [2.24, 2.45) is 0 Å². The summed E-state index contributed by atoms with van der Waals surface area (Å²) in [6, 6.07) is 7.92. The highest BCUT2D eigenvalue weighted by Gasteiger charge is 2.16. The van der Waals surface area contributed by atoms with Crippen molar-refractivity contribution in [2.75, 3.05) is 19.7 Å². The van der Waals surface area contributed by atoms with Crippen LogP contribution in [0.4, 0.5) is 0 Å². The fourth-order valence-corrected chi connectivity index (χ4v) is 4.46. The van der Waals surface area contributed by atoms with Gasteiger partial charge in [-0.2, -0.15) is 0 Å². The number of benzene rings is 1. The second kappa shape index (κ2) is 10.5. The van der Waals surface area contributed by atoms with E-state index in [2.05, 4.69) is 16.9 Å². The summed E-state index contributed by atoms with van der Waals surface area (Å²) in [7, 11) is 0. The third-order valence-corrected chi connectivity index (χ3v) is 6.57. The lowest BCUT2D eigenvalue weighted by molar-refractivity contribution is -0.133. The first kappa shape index (κ1) is 21.5. The van der Waals surface area contributed by atoms with Gasteiger partial charge in [-0.05, 0) is 38.0 Å². The number of nitrogens with zero attached hydrogens (tertiary/aromatic N) is 3. The van der Waals surface area contributed by atoms with Gasteiger partial charge in [0.2, 0.25) is 0 Å². The highest BCUT2D eigenvalue weighted by Crippen LogP contribution is 2.15. The lowest BCUT2D eigenvalue weighted by atomic mass is 10.2. The first-order chi connectivity index (χ1) is 14.0. The smallest absolute Gasteiger partial charge is 0.260 e. The van der Waals surface area contributed by atoms with Crippen LogP contribution in [0.15, 0.2) is 35.8 Å². The van der Waals surface area contributed by atoms with Crippen LogP contribution in [0.3, 0.4) is 0 Å². The first-order valence-corrected chi connectivity index (χ1v) is 11.5. The van der Waals surface area contributed by atoms with E-state index in [0.717, 1.165) is 40.7 Å². The molecule has 2 heterocycles. The molecule has 0 aliphatic heterocycles. The van der Waals surface area contributed by atoms with Crippen LogP contribution in [0.1, 0.15) is 33.1 Å². The molecule has 1 amide bonds. The molecule has 2 aromatic heterocycles. The SMILES string of the molecule is CCc1ccc(OCC(=O)N(CCc2nc(C)cs2)CCc2ncc(C)s2)cc1. The molecule has 29 heavy (non-hydrogen) atoms. The van der Waals surface area contributed by atoms with E-state index >= 15 is 0 Å². The standard InChI is InChI=1S/C22H27N3O2S2/c1-4-18-5-7-19(8-6-18)27-14-22(26)25(11-9-20-23-13-17(3)29-20)12-10-21-24-16(2)15-28-21/h5-8,13,15H,4,9-12,14H2,1-3H3. The number of aromatic nitrogens is 2. The summed E-state index contributed by atoms with van der Waals surface area (Å²) in [6.45, 7) is 7.46. The number of rotatable bonds is 10. The van der Waals surface area contributed by atoms with Gasteiger partial charge in [-0.3, -0.25) is 4.79 Å². The maximum atomic E-state index is 12.9. The predicted octanol–water partition coefficient (Wildman–Crippen LogP) is 4.47. The van der Waals surface area contributed by atoms with E-state index < -0.39 is 0 Å². The Labute approximate surface area is 180 Å². The van der Waals surface area contributed by atoms with Gasteiger partial charge in [-0.1, -0.05) is 19.1 Å². The summed E-state index contributed by atoms with van der Waals surface area (Å²) in [5.74, 6) is 0.715. The third kappa shape index (κ3) is 6.65. The molecule has 0 aliphatic rings. The minimum absolute atomic E-state index is 0.00822. The minimum Gasteiger partial charge on any atom is -0.484 e.